The summed E-state index contributed by atoms with van der Waals surface area (Å²) in [6.45, 7) is 5.35. The van der Waals surface area contributed by atoms with Crippen molar-refractivity contribution in [1.82, 2.24) is 19.7 Å². The normalized spacial score (nSPS) is 17.4. The molecule has 1 aromatic carbocycles. The van der Waals surface area contributed by atoms with Gasteiger partial charge in [-0.25, -0.2) is 0 Å². The van der Waals surface area contributed by atoms with Gasteiger partial charge in [-0.2, -0.15) is 0 Å². The van der Waals surface area contributed by atoms with E-state index in [0.717, 1.165) is 62.6 Å². The van der Waals surface area contributed by atoms with Crippen molar-refractivity contribution >= 4 is 5.91 Å². The summed E-state index contributed by atoms with van der Waals surface area (Å²) < 4.78 is 7.64. The van der Waals surface area contributed by atoms with Crippen molar-refractivity contribution < 1.29 is 9.53 Å². The number of hydrogen-bond donors (Lipinski definition) is 0. The molecule has 1 aromatic heterocycles. The van der Waals surface area contributed by atoms with Gasteiger partial charge >= 0.3 is 0 Å². The number of aryl methyl sites for hydroxylation is 1. The van der Waals surface area contributed by atoms with Crippen LogP contribution in [0.25, 0.3) is 0 Å². The molecule has 0 N–H and O–H groups in total. The Morgan fingerprint density at radius 1 is 1.32 bits per heavy atom. The Morgan fingerprint density at radius 3 is 2.96 bits per heavy atom. The minimum Gasteiger partial charge on any atom is -0.493 e. The van der Waals surface area contributed by atoms with Gasteiger partial charge in [-0.3, -0.25) is 4.79 Å². The Morgan fingerprint density at radius 2 is 2.16 bits per heavy atom. The SMILES string of the molecule is CCn1cnnc1C1CCN(C(=O)Cc2ccc3c(c2)CCO3)CC1. The molecule has 25 heavy (non-hydrogen) atoms. The van der Waals surface area contributed by atoms with Crippen LogP contribution in [0.4, 0.5) is 0 Å². The molecule has 1 fully saturated rings. The number of rotatable bonds is 4. The van der Waals surface area contributed by atoms with Crippen molar-refractivity contribution in [2.75, 3.05) is 19.7 Å². The lowest BCUT2D eigenvalue weighted by Crippen LogP contribution is -2.39. The summed E-state index contributed by atoms with van der Waals surface area (Å²) in [6.07, 6.45) is 5.14. The van der Waals surface area contributed by atoms with E-state index in [9.17, 15) is 4.79 Å². The summed E-state index contributed by atoms with van der Waals surface area (Å²) in [5.41, 5.74) is 2.31. The van der Waals surface area contributed by atoms with E-state index in [0.29, 0.717) is 12.3 Å². The molecule has 2 aromatic rings. The lowest BCUT2D eigenvalue weighted by atomic mass is 9.95. The van der Waals surface area contributed by atoms with E-state index < -0.39 is 0 Å². The first kappa shape index (κ1) is 16.1. The van der Waals surface area contributed by atoms with Crippen molar-refractivity contribution in [3.05, 3.63) is 41.5 Å². The van der Waals surface area contributed by atoms with Crippen molar-refractivity contribution in [2.45, 2.75) is 45.1 Å². The van der Waals surface area contributed by atoms with E-state index in [1.54, 1.807) is 6.33 Å². The number of carbonyl (C=O) groups is 1. The van der Waals surface area contributed by atoms with E-state index in [4.69, 9.17) is 4.74 Å². The van der Waals surface area contributed by atoms with Crippen molar-refractivity contribution in [1.29, 1.82) is 0 Å². The number of piperidine rings is 1. The van der Waals surface area contributed by atoms with Crippen LogP contribution in [0.2, 0.25) is 0 Å². The van der Waals surface area contributed by atoms with Gasteiger partial charge in [-0.15, -0.1) is 10.2 Å². The summed E-state index contributed by atoms with van der Waals surface area (Å²) in [5, 5.41) is 8.31. The monoisotopic (exact) mass is 340 g/mol. The van der Waals surface area contributed by atoms with E-state index >= 15 is 0 Å². The number of nitrogens with zero attached hydrogens (tertiary/aromatic N) is 4. The molecule has 1 saturated heterocycles. The molecule has 0 atom stereocenters. The Kier molecular flexibility index (Phi) is 4.42. The summed E-state index contributed by atoms with van der Waals surface area (Å²) in [7, 11) is 0. The number of likely N-dealkylation sites (tertiary alicyclic amines) is 1. The molecule has 2 aliphatic heterocycles. The smallest absolute Gasteiger partial charge is 0.226 e. The molecule has 6 heteroatoms. The fraction of sp³-hybridized carbons (Fsp3) is 0.526. The summed E-state index contributed by atoms with van der Waals surface area (Å²) >= 11 is 0. The molecule has 0 unspecified atom stereocenters. The highest BCUT2D eigenvalue weighted by molar-refractivity contribution is 5.79. The molecule has 3 heterocycles. The highest BCUT2D eigenvalue weighted by Gasteiger charge is 2.26. The number of benzene rings is 1. The van der Waals surface area contributed by atoms with Crippen LogP contribution in [0.3, 0.4) is 0 Å². The van der Waals surface area contributed by atoms with Crippen LogP contribution >= 0.6 is 0 Å². The Bertz CT molecular complexity index is 763. The number of fused-ring (bicyclic) bond motifs is 1. The minimum atomic E-state index is 0.217. The number of amides is 1. The first-order valence-electron chi connectivity index (χ1n) is 9.14. The van der Waals surface area contributed by atoms with Gasteiger partial charge in [0.05, 0.1) is 13.0 Å². The van der Waals surface area contributed by atoms with Gasteiger partial charge in [0, 0.05) is 32.0 Å². The zero-order valence-corrected chi connectivity index (χ0v) is 14.6. The van der Waals surface area contributed by atoms with E-state index in [1.807, 2.05) is 17.0 Å². The number of ether oxygens (including phenoxy) is 1. The molecule has 2 aliphatic rings. The molecule has 132 valence electrons. The molecule has 6 nitrogen and oxygen atoms in total. The molecule has 4 rings (SSSR count). The summed E-state index contributed by atoms with van der Waals surface area (Å²) in [5.74, 6) is 2.66. The second-order valence-electron chi connectivity index (χ2n) is 6.85. The molecular formula is C19H24N4O2. The molecule has 0 spiro atoms. The van der Waals surface area contributed by atoms with Gasteiger partial charge in [-0.05, 0) is 37.0 Å². The standard InChI is InChI=1S/C19H24N4O2/c1-2-22-13-20-21-19(22)15-5-8-23(9-6-15)18(24)12-14-3-4-17-16(11-14)7-10-25-17/h3-4,11,13,15H,2,5-10,12H2,1H3. The Balaban J connectivity index is 1.35. The second kappa shape index (κ2) is 6.86. The van der Waals surface area contributed by atoms with Gasteiger partial charge in [-0.1, -0.05) is 12.1 Å². The quantitative estimate of drug-likeness (QED) is 0.856. The number of aromatic nitrogens is 3. The third kappa shape index (κ3) is 3.25. The molecule has 0 radical (unpaired) electrons. The average Bonchev–Trinajstić information content (AvgIpc) is 3.30. The fourth-order valence-corrected chi connectivity index (χ4v) is 3.85. The largest absolute Gasteiger partial charge is 0.493 e. The Hall–Kier alpha value is -2.37. The van der Waals surface area contributed by atoms with Crippen LogP contribution in [0, 0.1) is 0 Å². The average molecular weight is 340 g/mol. The summed E-state index contributed by atoms with van der Waals surface area (Å²) in [6, 6.07) is 6.13. The van der Waals surface area contributed by atoms with Crippen LogP contribution in [-0.2, 0) is 24.2 Å². The maximum atomic E-state index is 12.6. The zero-order valence-electron chi connectivity index (χ0n) is 14.6. The third-order valence-corrected chi connectivity index (χ3v) is 5.31. The van der Waals surface area contributed by atoms with Gasteiger partial charge in [0.15, 0.2) is 0 Å². The van der Waals surface area contributed by atoms with Crippen LogP contribution in [0.5, 0.6) is 5.75 Å². The van der Waals surface area contributed by atoms with E-state index in [-0.39, 0.29) is 5.91 Å². The maximum absolute atomic E-state index is 12.6. The first-order chi connectivity index (χ1) is 12.2. The van der Waals surface area contributed by atoms with Crippen LogP contribution in [-0.4, -0.2) is 45.3 Å². The number of carbonyl (C=O) groups excluding carboxylic acids is 1. The van der Waals surface area contributed by atoms with E-state index in [1.165, 1.54) is 5.56 Å². The van der Waals surface area contributed by atoms with Crippen molar-refractivity contribution in [3.8, 4) is 5.75 Å². The van der Waals surface area contributed by atoms with Crippen LogP contribution in [0.15, 0.2) is 24.5 Å². The van der Waals surface area contributed by atoms with Crippen molar-refractivity contribution in [2.24, 2.45) is 0 Å². The molecule has 1 amide bonds. The summed E-state index contributed by atoms with van der Waals surface area (Å²) in [4.78, 5) is 14.6. The number of hydrogen-bond acceptors (Lipinski definition) is 4. The first-order valence-corrected chi connectivity index (χ1v) is 9.14. The van der Waals surface area contributed by atoms with Crippen molar-refractivity contribution in [3.63, 3.8) is 0 Å². The topological polar surface area (TPSA) is 60.2 Å². The van der Waals surface area contributed by atoms with E-state index in [2.05, 4.69) is 27.8 Å². The van der Waals surface area contributed by atoms with Crippen LogP contribution < -0.4 is 4.74 Å². The third-order valence-electron chi connectivity index (χ3n) is 5.31. The molecule has 0 aliphatic carbocycles. The van der Waals surface area contributed by atoms with Crippen LogP contribution in [0.1, 0.15) is 42.6 Å². The van der Waals surface area contributed by atoms with Gasteiger partial charge in [0.25, 0.3) is 0 Å². The zero-order chi connectivity index (χ0) is 17.2. The van der Waals surface area contributed by atoms with Gasteiger partial charge in [0.1, 0.15) is 17.9 Å². The molecule has 0 bridgehead atoms. The maximum Gasteiger partial charge on any atom is 0.226 e. The highest BCUT2D eigenvalue weighted by Crippen LogP contribution is 2.28. The predicted molar refractivity (Wildman–Crippen MR) is 93.6 cm³/mol. The minimum absolute atomic E-state index is 0.217. The highest BCUT2D eigenvalue weighted by atomic mass is 16.5. The molecule has 0 saturated carbocycles. The predicted octanol–water partition coefficient (Wildman–Crippen LogP) is 2.18. The van der Waals surface area contributed by atoms with Gasteiger partial charge in [0.2, 0.25) is 5.91 Å². The fourth-order valence-electron chi connectivity index (χ4n) is 3.85. The lowest BCUT2D eigenvalue weighted by Gasteiger charge is -2.31. The molecular weight excluding hydrogens is 316 g/mol. The Labute approximate surface area is 147 Å². The lowest BCUT2D eigenvalue weighted by molar-refractivity contribution is -0.131. The second-order valence-corrected chi connectivity index (χ2v) is 6.85. The van der Waals surface area contributed by atoms with Gasteiger partial charge < -0.3 is 14.2 Å².